The highest BCUT2D eigenvalue weighted by Crippen LogP contribution is 2.26. The van der Waals surface area contributed by atoms with Crippen molar-refractivity contribution in [2.45, 2.75) is 11.4 Å². The third-order valence-electron chi connectivity index (χ3n) is 2.96. The fraction of sp³-hybridized carbons (Fsp3) is 0.143. The molecule has 2 N–H and O–H groups in total. The molecule has 0 saturated carbocycles. The maximum Gasteiger partial charge on any atom is 0.245 e. The van der Waals surface area contributed by atoms with Crippen LogP contribution in [0.4, 0.5) is 5.69 Å². The lowest BCUT2D eigenvalue weighted by molar-refractivity contribution is 0.467. The maximum atomic E-state index is 12.5. The fourth-order valence-corrected chi connectivity index (χ4v) is 3.62. The molecule has 0 unspecified atom stereocenters. The number of nitrogens with zero attached hydrogens (tertiary/aromatic N) is 1. The van der Waals surface area contributed by atoms with Crippen LogP contribution in [0.2, 0.25) is 10.0 Å². The number of nitrogen functional groups attached to an aromatic ring is 1. The zero-order chi connectivity index (χ0) is 15.6. The second-order valence-electron chi connectivity index (χ2n) is 4.57. The van der Waals surface area contributed by atoms with Gasteiger partial charge in [0.2, 0.25) is 10.0 Å². The minimum Gasteiger partial charge on any atom is -0.398 e. The second-order valence-corrected chi connectivity index (χ2v) is 7.46. The van der Waals surface area contributed by atoms with Crippen molar-refractivity contribution in [3.63, 3.8) is 0 Å². The van der Waals surface area contributed by atoms with Gasteiger partial charge in [0.05, 0.1) is 5.69 Å². The van der Waals surface area contributed by atoms with Crippen molar-refractivity contribution in [2.24, 2.45) is 0 Å². The summed E-state index contributed by atoms with van der Waals surface area (Å²) in [6, 6.07) is 11.4. The zero-order valence-electron chi connectivity index (χ0n) is 11.3. The van der Waals surface area contributed by atoms with Crippen molar-refractivity contribution in [2.75, 3.05) is 12.8 Å². The highest BCUT2D eigenvalue weighted by Gasteiger charge is 2.23. The molecule has 21 heavy (non-hydrogen) atoms. The van der Waals surface area contributed by atoms with E-state index in [9.17, 15) is 8.42 Å². The summed E-state index contributed by atoms with van der Waals surface area (Å²) in [7, 11) is -2.24. The largest absolute Gasteiger partial charge is 0.398 e. The van der Waals surface area contributed by atoms with Gasteiger partial charge in [-0.15, -0.1) is 0 Å². The Balaban J connectivity index is 2.33. The number of rotatable bonds is 4. The third-order valence-corrected chi connectivity index (χ3v) is 5.29. The average Bonchev–Trinajstić information content (AvgIpc) is 2.41. The Bertz CT molecular complexity index is 763. The van der Waals surface area contributed by atoms with Crippen molar-refractivity contribution in [3.8, 4) is 0 Å². The topological polar surface area (TPSA) is 63.4 Å². The van der Waals surface area contributed by atoms with Gasteiger partial charge < -0.3 is 5.73 Å². The molecule has 0 amide bonds. The lowest BCUT2D eigenvalue weighted by Gasteiger charge is -2.18. The molecule has 0 aliphatic carbocycles. The van der Waals surface area contributed by atoms with Crippen molar-refractivity contribution >= 4 is 38.9 Å². The molecule has 0 aliphatic heterocycles. The van der Waals surface area contributed by atoms with Crippen molar-refractivity contribution in [1.29, 1.82) is 0 Å². The van der Waals surface area contributed by atoms with Gasteiger partial charge in [-0.25, -0.2) is 8.42 Å². The Hall–Kier alpha value is -1.27. The summed E-state index contributed by atoms with van der Waals surface area (Å²) in [5.41, 5.74) is 6.70. The molecular formula is C14H14Cl2N2O2S. The summed E-state index contributed by atoms with van der Waals surface area (Å²) >= 11 is 11.8. The minimum absolute atomic E-state index is 0.000437. The molecule has 2 aromatic carbocycles. The van der Waals surface area contributed by atoms with E-state index in [4.69, 9.17) is 28.9 Å². The number of nitrogens with two attached hydrogens (primary N) is 1. The Kier molecular flexibility index (Phi) is 4.78. The van der Waals surface area contributed by atoms with E-state index in [1.807, 2.05) is 0 Å². The van der Waals surface area contributed by atoms with Crippen molar-refractivity contribution < 1.29 is 8.42 Å². The summed E-state index contributed by atoms with van der Waals surface area (Å²) in [5.74, 6) is 0. The van der Waals surface area contributed by atoms with Crippen LogP contribution in [0.25, 0.3) is 0 Å². The molecule has 0 aliphatic rings. The molecule has 0 spiro atoms. The molecular weight excluding hydrogens is 331 g/mol. The fourth-order valence-electron chi connectivity index (χ4n) is 1.88. The molecule has 0 radical (unpaired) electrons. The van der Waals surface area contributed by atoms with E-state index in [0.717, 1.165) is 5.56 Å². The van der Waals surface area contributed by atoms with Crippen LogP contribution in [0.1, 0.15) is 5.56 Å². The normalized spacial score (nSPS) is 11.8. The number of halogens is 2. The second kappa shape index (κ2) is 6.23. The smallest absolute Gasteiger partial charge is 0.245 e. The molecule has 4 nitrogen and oxygen atoms in total. The first-order chi connectivity index (χ1) is 9.80. The minimum atomic E-state index is -3.72. The molecule has 0 aromatic heterocycles. The van der Waals surface area contributed by atoms with Crippen LogP contribution >= 0.6 is 23.2 Å². The predicted octanol–water partition coefficient (Wildman–Crippen LogP) is 3.40. The molecule has 2 aromatic rings. The van der Waals surface area contributed by atoms with Crippen LogP contribution in [-0.4, -0.2) is 19.8 Å². The summed E-state index contributed by atoms with van der Waals surface area (Å²) < 4.78 is 26.3. The summed E-state index contributed by atoms with van der Waals surface area (Å²) in [6.07, 6.45) is 0. The van der Waals surface area contributed by atoms with E-state index < -0.39 is 10.0 Å². The van der Waals surface area contributed by atoms with Gasteiger partial charge in [-0.1, -0.05) is 35.3 Å². The molecule has 2 rings (SSSR count). The Morgan fingerprint density at radius 3 is 2.43 bits per heavy atom. The van der Waals surface area contributed by atoms with E-state index in [0.29, 0.717) is 10.0 Å². The number of hydrogen-bond acceptors (Lipinski definition) is 3. The van der Waals surface area contributed by atoms with Crippen LogP contribution < -0.4 is 5.73 Å². The van der Waals surface area contributed by atoms with Gasteiger partial charge in [0.1, 0.15) is 4.90 Å². The van der Waals surface area contributed by atoms with Crippen LogP contribution in [0.5, 0.6) is 0 Å². The van der Waals surface area contributed by atoms with Crippen molar-refractivity contribution in [1.82, 2.24) is 4.31 Å². The number of hydrogen-bond donors (Lipinski definition) is 1. The first kappa shape index (κ1) is 16.1. The van der Waals surface area contributed by atoms with E-state index >= 15 is 0 Å². The van der Waals surface area contributed by atoms with Crippen LogP contribution in [0.15, 0.2) is 47.4 Å². The SMILES string of the molecule is CN(Cc1cccc(Cl)c1)S(=O)(=O)c1cc(Cl)ccc1N. The third kappa shape index (κ3) is 3.68. The van der Waals surface area contributed by atoms with Gasteiger partial charge in [0.25, 0.3) is 0 Å². The van der Waals surface area contributed by atoms with E-state index in [2.05, 4.69) is 0 Å². The zero-order valence-corrected chi connectivity index (χ0v) is 13.6. The standard InChI is InChI=1S/C14H14Cl2N2O2S/c1-18(9-10-3-2-4-11(15)7-10)21(19,20)14-8-12(16)5-6-13(14)17/h2-8H,9,17H2,1H3. The highest BCUT2D eigenvalue weighted by molar-refractivity contribution is 7.89. The van der Waals surface area contributed by atoms with Gasteiger partial charge in [-0.2, -0.15) is 4.31 Å². The van der Waals surface area contributed by atoms with Gasteiger partial charge in [-0.3, -0.25) is 0 Å². The van der Waals surface area contributed by atoms with E-state index in [1.165, 1.54) is 23.5 Å². The first-order valence-corrected chi connectivity index (χ1v) is 8.26. The lowest BCUT2D eigenvalue weighted by Crippen LogP contribution is -2.27. The van der Waals surface area contributed by atoms with Crippen LogP contribution in [-0.2, 0) is 16.6 Å². The molecule has 7 heteroatoms. The first-order valence-electron chi connectivity index (χ1n) is 6.06. The highest BCUT2D eigenvalue weighted by atomic mass is 35.5. The number of sulfonamides is 1. The Morgan fingerprint density at radius 2 is 1.76 bits per heavy atom. The van der Waals surface area contributed by atoms with Crippen LogP contribution in [0.3, 0.4) is 0 Å². The summed E-state index contributed by atoms with van der Waals surface area (Å²) in [5, 5.41) is 0.875. The van der Waals surface area contributed by atoms with E-state index in [-0.39, 0.29) is 17.1 Å². The monoisotopic (exact) mass is 344 g/mol. The number of anilines is 1. The van der Waals surface area contributed by atoms with Crippen molar-refractivity contribution in [3.05, 3.63) is 58.1 Å². The molecule has 0 bridgehead atoms. The quantitative estimate of drug-likeness (QED) is 0.864. The van der Waals surface area contributed by atoms with Gasteiger partial charge in [0, 0.05) is 23.6 Å². The molecule has 0 heterocycles. The Labute approximate surface area is 134 Å². The molecule has 0 atom stereocenters. The Morgan fingerprint density at radius 1 is 1.10 bits per heavy atom. The van der Waals surface area contributed by atoms with E-state index in [1.54, 1.807) is 30.3 Å². The summed E-state index contributed by atoms with van der Waals surface area (Å²) in [4.78, 5) is -0.000437. The molecule has 0 fully saturated rings. The molecule has 0 saturated heterocycles. The van der Waals surface area contributed by atoms with Gasteiger partial charge in [-0.05, 0) is 35.9 Å². The van der Waals surface area contributed by atoms with Crippen LogP contribution in [0, 0.1) is 0 Å². The predicted molar refractivity (Wildman–Crippen MR) is 86.0 cm³/mol. The number of benzene rings is 2. The summed E-state index contributed by atoms with van der Waals surface area (Å²) in [6.45, 7) is 0.189. The van der Waals surface area contributed by atoms with Gasteiger partial charge in [0.15, 0.2) is 0 Å². The molecule has 112 valence electrons. The van der Waals surface area contributed by atoms with Gasteiger partial charge >= 0.3 is 0 Å². The average molecular weight is 345 g/mol. The maximum absolute atomic E-state index is 12.5. The lowest BCUT2D eigenvalue weighted by atomic mass is 10.2.